The van der Waals surface area contributed by atoms with Crippen LogP contribution in [0, 0.1) is 5.92 Å². The summed E-state index contributed by atoms with van der Waals surface area (Å²) in [4.78, 5) is 11.0. The van der Waals surface area contributed by atoms with E-state index >= 15 is 0 Å². The number of carboxylic acids is 1. The van der Waals surface area contributed by atoms with E-state index in [1.165, 1.54) is 11.1 Å². The van der Waals surface area contributed by atoms with E-state index in [0.29, 0.717) is 12.4 Å². The molecule has 0 saturated carbocycles. The topological polar surface area (TPSA) is 59.7 Å². The molecule has 0 fully saturated rings. The first-order valence-corrected chi connectivity index (χ1v) is 14.4. The summed E-state index contributed by atoms with van der Waals surface area (Å²) in [5.74, 6) is 1.11. The van der Waals surface area contributed by atoms with Gasteiger partial charge in [0.1, 0.15) is 23.5 Å². The molecular weight excluding hydrogens is 504 g/mol. The van der Waals surface area contributed by atoms with E-state index in [0.717, 1.165) is 50.1 Å². The minimum atomic E-state index is -0.750. The Morgan fingerprint density at radius 3 is 2.36 bits per heavy atom. The van der Waals surface area contributed by atoms with Crippen molar-refractivity contribution in [2.45, 2.75) is 45.5 Å². The molecule has 1 unspecified atom stereocenters. The van der Waals surface area contributed by atoms with Crippen LogP contribution < -0.4 is 4.74 Å². The molecule has 0 saturated heterocycles. The molecule has 1 atom stereocenters. The van der Waals surface area contributed by atoms with E-state index in [4.69, 9.17) is 14.3 Å². The van der Waals surface area contributed by atoms with Gasteiger partial charge in [-0.1, -0.05) is 94.4 Å². The fourth-order valence-electron chi connectivity index (χ4n) is 4.77. The van der Waals surface area contributed by atoms with Gasteiger partial charge in [0, 0.05) is 27.8 Å². The Hall–Kier alpha value is -3.70. The first kappa shape index (κ1) is 26.9. The Morgan fingerprint density at radius 1 is 0.897 bits per heavy atom. The number of carboxylic acid groups (broad SMARTS) is 1. The Balaban J connectivity index is 1.34. The van der Waals surface area contributed by atoms with Crippen LogP contribution in [0.15, 0.2) is 89.3 Å². The maximum atomic E-state index is 11.0. The highest BCUT2D eigenvalue weighted by molar-refractivity contribution is 7.98. The SMILES string of the molecule is CC(CSCc1ccc(OCc2ccc(-c3cccc4c3oc3ccccc34)c(C(C)(C)C)c2)cc1)C(=O)O. The van der Waals surface area contributed by atoms with Crippen LogP contribution in [0.2, 0.25) is 0 Å². The molecule has 0 radical (unpaired) electrons. The van der Waals surface area contributed by atoms with Gasteiger partial charge in [-0.25, -0.2) is 0 Å². The molecule has 1 aromatic heterocycles. The Morgan fingerprint density at radius 2 is 1.62 bits per heavy atom. The van der Waals surface area contributed by atoms with Crippen LogP contribution in [0.25, 0.3) is 33.1 Å². The number of furan rings is 1. The minimum Gasteiger partial charge on any atom is -0.489 e. The van der Waals surface area contributed by atoms with Crippen LogP contribution in [0.5, 0.6) is 5.75 Å². The van der Waals surface area contributed by atoms with Crippen molar-refractivity contribution in [2.24, 2.45) is 5.92 Å². The summed E-state index contributed by atoms with van der Waals surface area (Å²) in [6.07, 6.45) is 0. The van der Waals surface area contributed by atoms with Crippen LogP contribution >= 0.6 is 11.8 Å². The average molecular weight is 539 g/mol. The third-order valence-corrected chi connectivity index (χ3v) is 8.25. The smallest absolute Gasteiger partial charge is 0.307 e. The summed E-state index contributed by atoms with van der Waals surface area (Å²) in [5, 5.41) is 11.3. The number of rotatable bonds is 9. The maximum Gasteiger partial charge on any atom is 0.307 e. The number of hydrogen-bond acceptors (Lipinski definition) is 4. The molecule has 5 rings (SSSR count). The molecule has 200 valence electrons. The number of benzene rings is 4. The van der Waals surface area contributed by atoms with Gasteiger partial charge in [0.25, 0.3) is 0 Å². The van der Waals surface area contributed by atoms with Crippen LogP contribution in [0.1, 0.15) is 44.4 Å². The number of carbonyl (C=O) groups is 1. The molecular formula is C34H34O4S. The second-order valence-electron chi connectivity index (χ2n) is 11.1. The number of para-hydroxylation sites is 2. The van der Waals surface area contributed by atoms with E-state index in [2.05, 4.69) is 69.3 Å². The van der Waals surface area contributed by atoms with Crippen LogP contribution in [0.3, 0.4) is 0 Å². The number of hydrogen-bond donors (Lipinski definition) is 1. The van der Waals surface area contributed by atoms with Crippen LogP contribution in [-0.2, 0) is 22.6 Å². The van der Waals surface area contributed by atoms with E-state index < -0.39 is 5.97 Å². The molecule has 39 heavy (non-hydrogen) atoms. The predicted octanol–water partition coefficient (Wildman–Crippen LogP) is 9.08. The lowest BCUT2D eigenvalue weighted by atomic mass is 9.80. The van der Waals surface area contributed by atoms with E-state index in [9.17, 15) is 4.79 Å². The van der Waals surface area contributed by atoms with Gasteiger partial charge in [-0.05, 0) is 45.9 Å². The van der Waals surface area contributed by atoms with E-state index in [-0.39, 0.29) is 11.3 Å². The van der Waals surface area contributed by atoms with Crippen molar-refractivity contribution in [2.75, 3.05) is 5.75 Å². The zero-order valence-corrected chi connectivity index (χ0v) is 23.7. The summed E-state index contributed by atoms with van der Waals surface area (Å²) in [6.45, 7) is 8.93. The van der Waals surface area contributed by atoms with Crippen molar-refractivity contribution in [3.63, 3.8) is 0 Å². The van der Waals surface area contributed by atoms with Crippen LogP contribution in [-0.4, -0.2) is 16.8 Å². The highest BCUT2D eigenvalue weighted by Gasteiger charge is 2.22. The maximum absolute atomic E-state index is 11.0. The molecule has 0 spiro atoms. The molecule has 0 amide bonds. The molecule has 0 aliphatic rings. The summed E-state index contributed by atoms with van der Waals surface area (Å²) in [7, 11) is 0. The monoisotopic (exact) mass is 538 g/mol. The average Bonchev–Trinajstić information content (AvgIpc) is 3.31. The van der Waals surface area contributed by atoms with Gasteiger partial charge < -0.3 is 14.3 Å². The molecule has 4 nitrogen and oxygen atoms in total. The van der Waals surface area contributed by atoms with E-state index in [1.54, 1.807) is 18.7 Å². The molecule has 0 aliphatic heterocycles. The normalized spacial score (nSPS) is 12.6. The van der Waals surface area contributed by atoms with E-state index in [1.807, 2.05) is 36.4 Å². The Kier molecular flexibility index (Phi) is 7.72. The third kappa shape index (κ3) is 5.99. The molecule has 1 N–H and O–H groups in total. The molecule has 0 bridgehead atoms. The van der Waals surface area contributed by atoms with Gasteiger partial charge in [0.2, 0.25) is 0 Å². The highest BCUT2D eigenvalue weighted by atomic mass is 32.2. The quantitative estimate of drug-likeness (QED) is 0.203. The minimum absolute atomic E-state index is 0.0724. The van der Waals surface area contributed by atoms with Crippen molar-refractivity contribution < 1.29 is 19.1 Å². The van der Waals surface area contributed by atoms with Crippen LogP contribution in [0.4, 0.5) is 0 Å². The fraction of sp³-hybridized carbons (Fsp3) is 0.265. The predicted molar refractivity (Wildman–Crippen MR) is 162 cm³/mol. The van der Waals surface area contributed by atoms with Crippen molar-refractivity contribution in [3.05, 3.63) is 102 Å². The summed E-state index contributed by atoms with van der Waals surface area (Å²) in [6, 6.07) is 29.2. The molecule has 5 aromatic rings. The lowest BCUT2D eigenvalue weighted by Crippen LogP contribution is -2.14. The number of ether oxygens (including phenoxy) is 1. The first-order valence-electron chi connectivity index (χ1n) is 13.3. The zero-order valence-electron chi connectivity index (χ0n) is 22.9. The van der Waals surface area contributed by atoms with Gasteiger partial charge in [-0.3, -0.25) is 4.79 Å². The van der Waals surface area contributed by atoms with Gasteiger partial charge in [-0.15, -0.1) is 0 Å². The molecule has 1 heterocycles. The Bertz CT molecular complexity index is 1610. The summed E-state index contributed by atoms with van der Waals surface area (Å²) >= 11 is 1.64. The zero-order chi connectivity index (χ0) is 27.6. The highest BCUT2D eigenvalue weighted by Crippen LogP contribution is 2.40. The van der Waals surface area contributed by atoms with Gasteiger partial charge in [-0.2, -0.15) is 11.8 Å². The second kappa shape index (κ2) is 11.2. The van der Waals surface area contributed by atoms with Crippen molar-refractivity contribution in [3.8, 4) is 16.9 Å². The van der Waals surface area contributed by atoms with Crippen molar-refractivity contribution in [1.29, 1.82) is 0 Å². The van der Waals surface area contributed by atoms with Gasteiger partial charge >= 0.3 is 5.97 Å². The largest absolute Gasteiger partial charge is 0.489 e. The van der Waals surface area contributed by atoms with Gasteiger partial charge in [0.05, 0.1) is 5.92 Å². The molecule has 0 aliphatic carbocycles. The number of fused-ring (bicyclic) bond motifs is 3. The van der Waals surface area contributed by atoms with Crippen molar-refractivity contribution in [1.82, 2.24) is 0 Å². The second-order valence-corrected chi connectivity index (χ2v) is 12.1. The third-order valence-electron chi connectivity index (χ3n) is 6.97. The number of aliphatic carboxylic acids is 1. The standard InChI is InChI=1S/C34H34O4S/c1-22(33(35)36)20-39-21-23-12-15-25(16-13-23)37-19-24-14-17-26(30(18-24)34(2,3)4)28-9-7-10-29-27-8-5-6-11-31(27)38-32(28)29/h5-18,22H,19-21H2,1-4H3,(H,35,36). The summed E-state index contributed by atoms with van der Waals surface area (Å²) in [5.41, 5.74) is 7.55. The Labute approximate surface area is 234 Å². The first-order chi connectivity index (χ1) is 18.7. The lowest BCUT2D eigenvalue weighted by Gasteiger charge is -2.24. The summed E-state index contributed by atoms with van der Waals surface area (Å²) < 4.78 is 12.5. The number of thioether (sulfide) groups is 1. The lowest BCUT2D eigenvalue weighted by molar-refractivity contribution is -0.140. The molecule has 4 aromatic carbocycles. The molecule has 5 heteroatoms. The van der Waals surface area contributed by atoms with Gasteiger partial charge in [0.15, 0.2) is 0 Å². The van der Waals surface area contributed by atoms with Crippen molar-refractivity contribution >= 4 is 39.7 Å². The fourth-order valence-corrected chi connectivity index (χ4v) is 5.81.